The number of hydrogen-bond acceptors (Lipinski definition) is 3. The Kier molecular flexibility index (Phi) is 7.82. The van der Waals surface area contributed by atoms with Gasteiger partial charge < -0.3 is 13.5 Å². The molecule has 0 saturated heterocycles. The quantitative estimate of drug-likeness (QED) is 0.518. The zero-order chi connectivity index (χ0) is 16.0. The highest BCUT2D eigenvalue weighted by molar-refractivity contribution is 6.87. The molecule has 0 saturated carbocycles. The van der Waals surface area contributed by atoms with E-state index in [0.717, 1.165) is 12.5 Å². The predicted molar refractivity (Wildman–Crippen MR) is 88.9 cm³/mol. The van der Waals surface area contributed by atoms with Gasteiger partial charge >= 0.3 is 8.56 Å². The van der Waals surface area contributed by atoms with E-state index in [1.165, 1.54) is 0 Å². The number of carbonyl (C=O) groups excluding carboxylic acids is 1. The van der Waals surface area contributed by atoms with Gasteiger partial charge in [0.1, 0.15) is 0 Å². The zero-order valence-electron chi connectivity index (χ0n) is 13.9. The summed E-state index contributed by atoms with van der Waals surface area (Å²) in [7, 11) is -5.48. The van der Waals surface area contributed by atoms with Gasteiger partial charge in [-0.15, -0.1) is 0 Å². The fraction of sp³-hybridized carbons (Fsp3) is 0.917. The molecule has 1 N–H and O–H groups in total. The van der Waals surface area contributed by atoms with Crippen LogP contribution in [0, 0.1) is 0 Å². The molecule has 120 valence electrons. The van der Waals surface area contributed by atoms with Crippen molar-refractivity contribution < 1.29 is 17.4 Å². The summed E-state index contributed by atoms with van der Waals surface area (Å²) < 4.78 is 24.5. The Balaban J connectivity index is 4.20. The molecule has 0 radical (unpaired) electrons. The average molecular weight is 340 g/mol. The molecule has 0 aromatic rings. The Hall–Kier alpha value is -0.0294. The summed E-state index contributed by atoms with van der Waals surface area (Å²) in [5.74, 6) is -0.540. The molecule has 0 fully saturated rings. The van der Waals surface area contributed by atoms with Crippen LogP contribution in [-0.2, 0) is 13.0 Å². The Bertz CT molecular complexity index is 320. The molecule has 20 heavy (non-hydrogen) atoms. The molecular formula is C12H30FNO3Si3. The Morgan fingerprint density at radius 1 is 1.05 bits per heavy atom. The molecule has 0 bridgehead atoms. The van der Waals surface area contributed by atoms with E-state index in [-0.39, 0.29) is 0 Å². The van der Waals surface area contributed by atoms with Crippen LogP contribution < -0.4 is 5.32 Å². The third kappa shape index (κ3) is 10.7. The van der Waals surface area contributed by atoms with E-state index >= 15 is 0 Å². The van der Waals surface area contributed by atoms with E-state index < -0.39 is 37.8 Å². The summed E-state index contributed by atoms with van der Waals surface area (Å²) in [6.45, 7) is 14.6. The van der Waals surface area contributed by atoms with Crippen molar-refractivity contribution in [1.82, 2.24) is 5.32 Å². The van der Waals surface area contributed by atoms with E-state index in [2.05, 4.69) is 51.1 Å². The average Bonchev–Trinajstić information content (AvgIpc) is 2.18. The highest BCUT2D eigenvalue weighted by Gasteiger charge is 2.37. The third-order valence-electron chi connectivity index (χ3n) is 2.47. The fourth-order valence-electron chi connectivity index (χ4n) is 2.26. The number of nitrogens with one attached hydrogen (secondary N) is 1. The van der Waals surface area contributed by atoms with Crippen molar-refractivity contribution in [3.63, 3.8) is 0 Å². The van der Waals surface area contributed by atoms with Crippen LogP contribution in [0.2, 0.25) is 51.9 Å². The van der Waals surface area contributed by atoms with Gasteiger partial charge in [-0.05, 0) is 58.3 Å². The van der Waals surface area contributed by atoms with E-state index in [9.17, 15) is 9.18 Å². The summed E-state index contributed by atoms with van der Waals surface area (Å²) in [6, 6.07) is 0.936. The summed E-state index contributed by atoms with van der Waals surface area (Å²) in [4.78, 5) is 10.8. The van der Waals surface area contributed by atoms with Crippen LogP contribution in [0.1, 0.15) is 6.42 Å². The van der Waals surface area contributed by atoms with Gasteiger partial charge in [0.15, 0.2) is 23.3 Å². The molecule has 0 spiro atoms. The maximum absolute atomic E-state index is 12.0. The first kappa shape index (κ1) is 20.0. The maximum Gasteiger partial charge on any atom is 0.311 e. The van der Waals surface area contributed by atoms with Crippen molar-refractivity contribution in [3.8, 4) is 0 Å². The Labute approximate surface area is 125 Å². The van der Waals surface area contributed by atoms with Crippen molar-refractivity contribution in [2.45, 2.75) is 58.3 Å². The first-order chi connectivity index (χ1) is 8.87. The van der Waals surface area contributed by atoms with Crippen molar-refractivity contribution in [3.05, 3.63) is 0 Å². The van der Waals surface area contributed by atoms with Crippen molar-refractivity contribution >= 4 is 31.1 Å². The summed E-state index contributed by atoms with van der Waals surface area (Å²) in [6.07, 6.45) is 0.822. The molecule has 0 atom stereocenters. The molecule has 0 aliphatic carbocycles. The van der Waals surface area contributed by atoms with Crippen LogP contribution in [0.3, 0.4) is 0 Å². The number of rotatable bonds is 9. The monoisotopic (exact) mass is 339 g/mol. The normalized spacial score (nSPS) is 13.4. The van der Waals surface area contributed by atoms with Gasteiger partial charge in [-0.25, -0.2) is 4.39 Å². The lowest BCUT2D eigenvalue weighted by Crippen LogP contribution is -2.51. The lowest BCUT2D eigenvalue weighted by atomic mass is 10.5. The molecule has 0 aromatic heterocycles. The lowest BCUT2D eigenvalue weighted by molar-refractivity contribution is -0.121. The van der Waals surface area contributed by atoms with E-state index in [1.807, 2.05) is 0 Å². The SMILES string of the molecule is C[Si](C)(C)O[Si](C)(C)O[Si](C)(C)CCCNC(=O)CF. The number of amides is 1. The highest BCUT2D eigenvalue weighted by atomic mass is 28.5. The molecule has 0 rings (SSSR count). The third-order valence-corrected chi connectivity index (χ3v) is 12.6. The van der Waals surface area contributed by atoms with Crippen molar-refractivity contribution in [2.75, 3.05) is 13.2 Å². The van der Waals surface area contributed by atoms with Gasteiger partial charge in [0.2, 0.25) is 0 Å². The molecule has 0 unspecified atom stereocenters. The van der Waals surface area contributed by atoms with Gasteiger partial charge in [0.05, 0.1) is 0 Å². The van der Waals surface area contributed by atoms with E-state index in [4.69, 9.17) is 8.23 Å². The number of carbonyl (C=O) groups is 1. The molecule has 0 aliphatic rings. The van der Waals surface area contributed by atoms with Crippen LogP contribution in [0.15, 0.2) is 0 Å². The predicted octanol–water partition coefficient (Wildman–Crippen LogP) is 3.24. The smallest absolute Gasteiger partial charge is 0.311 e. The lowest BCUT2D eigenvalue weighted by Gasteiger charge is -2.37. The molecule has 4 nitrogen and oxygen atoms in total. The van der Waals surface area contributed by atoms with Gasteiger partial charge in [-0.2, -0.15) is 0 Å². The number of halogens is 1. The van der Waals surface area contributed by atoms with E-state index in [1.54, 1.807) is 0 Å². The van der Waals surface area contributed by atoms with Crippen molar-refractivity contribution in [2.24, 2.45) is 0 Å². The first-order valence-electron chi connectivity index (χ1n) is 7.10. The fourth-order valence-corrected chi connectivity index (χ4v) is 15.5. The second-order valence-corrected chi connectivity index (χ2v) is 19.7. The minimum atomic E-state index is -2.09. The van der Waals surface area contributed by atoms with Gasteiger partial charge in [0.25, 0.3) is 5.91 Å². The highest BCUT2D eigenvalue weighted by Crippen LogP contribution is 2.23. The molecule has 0 aromatic carbocycles. The van der Waals surface area contributed by atoms with Crippen LogP contribution in [0.25, 0.3) is 0 Å². The van der Waals surface area contributed by atoms with Crippen LogP contribution in [0.5, 0.6) is 0 Å². The maximum atomic E-state index is 12.0. The van der Waals surface area contributed by atoms with Crippen LogP contribution >= 0.6 is 0 Å². The largest absolute Gasteiger partial charge is 0.437 e. The second-order valence-electron chi connectivity index (χ2n) is 7.06. The molecule has 8 heteroatoms. The van der Waals surface area contributed by atoms with Gasteiger partial charge in [-0.1, -0.05) is 0 Å². The number of hydrogen-bond donors (Lipinski definition) is 1. The summed E-state index contributed by atoms with van der Waals surface area (Å²) >= 11 is 0. The standard InChI is InChI=1S/C12H30FNO3Si3/c1-18(2,3)16-20(6,7)17-19(4,5)10-8-9-14-12(15)11-13/h8-11H2,1-7H3,(H,14,15). The van der Waals surface area contributed by atoms with Crippen LogP contribution in [0.4, 0.5) is 4.39 Å². The molecule has 0 aliphatic heterocycles. The minimum Gasteiger partial charge on any atom is -0.437 e. The van der Waals surface area contributed by atoms with E-state index in [0.29, 0.717) is 6.54 Å². The minimum absolute atomic E-state index is 0.513. The molecule has 0 heterocycles. The molecule has 1 amide bonds. The van der Waals surface area contributed by atoms with Crippen LogP contribution in [-0.4, -0.2) is 44.3 Å². The van der Waals surface area contributed by atoms with Gasteiger partial charge in [0, 0.05) is 6.54 Å². The van der Waals surface area contributed by atoms with Gasteiger partial charge in [-0.3, -0.25) is 4.79 Å². The zero-order valence-corrected chi connectivity index (χ0v) is 16.9. The topological polar surface area (TPSA) is 47.6 Å². The second kappa shape index (κ2) is 7.83. The number of alkyl halides is 1. The summed E-state index contributed by atoms with van der Waals surface area (Å²) in [5.41, 5.74) is 0. The Morgan fingerprint density at radius 2 is 1.60 bits per heavy atom. The summed E-state index contributed by atoms with van der Waals surface area (Å²) in [5, 5.41) is 2.55. The van der Waals surface area contributed by atoms with Crippen molar-refractivity contribution in [1.29, 1.82) is 0 Å². The molecular weight excluding hydrogens is 309 g/mol. The Morgan fingerprint density at radius 3 is 2.05 bits per heavy atom. The first-order valence-corrected chi connectivity index (χ1v) is 16.4.